The van der Waals surface area contributed by atoms with Gasteiger partial charge in [0.05, 0.1) is 7.11 Å². The number of benzene rings is 1. The van der Waals surface area contributed by atoms with Crippen molar-refractivity contribution in [1.29, 1.82) is 0 Å². The Kier molecular flexibility index (Phi) is 12.2. The molecule has 1 aromatic carbocycles. The first-order valence-electron chi connectivity index (χ1n) is 9.87. The largest absolute Gasteiger partial charge is 0.497 e. The fourth-order valence-corrected chi connectivity index (χ4v) is 3.26. The van der Waals surface area contributed by atoms with Gasteiger partial charge in [0.2, 0.25) is 0 Å². The lowest BCUT2D eigenvalue weighted by molar-refractivity contribution is -0.0505. The molecule has 0 unspecified atom stereocenters. The molecule has 1 saturated heterocycles. The van der Waals surface area contributed by atoms with Crippen LogP contribution in [0.5, 0.6) is 11.5 Å². The van der Waals surface area contributed by atoms with Crippen molar-refractivity contribution in [3.8, 4) is 11.5 Å². The number of alkyl halides is 2. The van der Waals surface area contributed by atoms with Crippen molar-refractivity contribution in [3.05, 3.63) is 23.8 Å². The van der Waals surface area contributed by atoms with Crippen LogP contribution in [0.25, 0.3) is 0 Å². The van der Waals surface area contributed by atoms with E-state index < -0.39 is 6.61 Å². The van der Waals surface area contributed by atoms with Crippen molar-refractivity contribution in [2.45, 2.75) is 51.8 Å². The number of rotatable bonds is 9. The number of guanidine groups is 1. The van der Waals surface area contributed by atoms with Crippen LogP contribution in [0.4, 0.5) is 8.78 Å². The second kappa shape index (κ2) is 13.8. The van der Waals surface area contributed by atoms with E-state index in [2.05, 4.69) is 32.2 Å². The number of hydrogen-bond donors (Lipinski definition) is 2. The average molecular weight is 526 g/mol. The minimum absolute atomic E-state index is 0. The minimum Gasteiger partial charge on any atom is -0.497 e. The summed E-state index contributed by atoms with van der Waals surface area (Å²) >= 11 is 0. The van der Waals surface area contributed by atoms with E-state index in [9.17, 15) is 8.78 Å². The molecule has 0 saturated carbocycles. The fraction of sp³-hybridized carbons (Fsp3) is 0.650. The topological polar surface area (TPSA) is 58.1 Å². The van der Waals surface area contributed by atoms with Gasteiger partial charge < -0.3 is 25.0 Å². The van der Waals surface area contributed by atoms with Crippen LogP contribution >= 0.6 is 24.0 Å². The summed E-state index contributed by atoms with van der Waals surface area (Å²) in [6.45, 7) is 2.98. The number of unbranched alkanes of at least 4 members (excludes halogenated alkanes) is 1. The summed E-state index contributed by atoms with van der Waals surface area (Å²) in [6.07, 6.45) is 4.59. The highest BCUT2D eigenvalue weighted by atomic mass is 127. The standard InChI is InChI=1S/C20H32F2N4O2.HI/c1-4-5-10-26-11-8-16(9-12-26)25-20(23-2)24-14-15-6-7-17(27-3)13-18(15)28-19(21)22;/h6-7,13,16,19H,4-5,8-12,14H2,1-3H3,(H2,23,24,25);1H. The second-order valence-corrected chi connectivity index (χ2v) is 6.89. The van der Waals surface area contributed by atoms with Crippen LogP contribution in [0.1, 0.15) is 38.2 Å². The molecule has 1 aliphatic rings. The third-order valence-electron chi connectivity index (χ3n) is 4.92. The molecule has 0 aliphatic carbocycles. The van der Waals surface area contributed by atoms with E-state index in [4.69, 9.17) is 4.74 Å². The smallest absolute Gasteiger partial charge is 0.387 e. The summed E-state index contributed by atoms with van der Waals surface area (Å²) < 4.78 is 35.1. The molecule has 0 atom stereocenters. The molecular weight excluding hydrogens is 493 g/mol. The number of likely N-dealkylation sites (tertiary alicyclic amines) is 1. The van der Waals surface area contributed by atoms with Crippen LogP contribution < -0.4 is 20.1 Å². The summed E-state index contributed by atoms with van der Waals surface area (Å²) in [7, 11) is 3.19. The number of aliphatic imine (C=N–C) groups is 1. The molecule has 166 valence electrons. The minimum atomic E-state index is -2.89. The van der Waals surface area contributed by atoms with Crippen molar-refractivity contribution in [1.82, 2.24) is 15.5 Å². The Morgan fingerprint density at radius 3 is 2.62 bits per heavy atom. The number of halogens is 3. The van der Waals surface area contributed by atoms with Gasteiger partial charge in [-0.3, -0.25) is 4.99 Å². The lowest BCUT2D eigenvalue weighted by Crippen LogP contribution is -2.48. The summed E-state index contributed by atoms with van der Waals surface area (Å²) in [5, 5.41) is 6.62. The number of methoxy groups -OCH3 is 1. The molecule has 29 heavy (non-hydrogen) atoms. The number of hydrogen-bond acceptors (Lipinski definition) is 4. The molecule has 6 nitrogen and oxygen atoms in total. The van der Waals surface area contributed by atoms with E-state index in [0.717, 1.165) is 25.9 Å². The molecule has 0 aromatic heterocycles. The lowest BCUT2D eigenvalue weighted by atomic mass is 10.0. The molecule has 1 aromatic rings. The zero-order valence-electron chi connectivity index (χ0n) is 17.4. The first-order chi connectivity index (χ1) is 13.5. The highest BCUT2D eigenvalue weighted by molar-refractivity contribution is 14.0. The summed E-state index contributed by atoms with van der Waals surface area (Å²) in [4.78, 5) is 6.76. The highest BCUT2D eigenvalue weighted by Gasteiger charge is 2.19. The monoisotopic (exact) mass is 526 g/mol. The van der Waals surface area contributed by atoms with Gasteiger partial charge in [-0.1, -0.05) is 13.3 Å². The SMILES string of the molecule is CCCCN1CCC(NC(=NC)NCc2ccc(OC)cc2OC(F)F)CC1.I. The van der Waals surface area contributed by atoms with Crippen molar-refractivity contribution >= 4 is 29.9 Å². The van der Waals surface area contributed by atoms with Crippen LogP contribution in [0.3, 0.4) is 0 Å². The average Bonchev–Trinajstić information content (AvgIpc) is 2.70. The molecule has 2 rings (SSSR count). The summed E-state index contributed by atoms with van der Waals surface area (Å²) in [5.74, 6) is 1.23. The van der Waals surface area contributed by atoms with Crippen LogP contribution in [-0.4, -0.2) is 57.3 Å². The maximum absolute atomic E-state index is 12.7. The fourth-order valence-electron chi connectivity index (χ4n) is 3.26. The van der Waals surface area contributed by atoms with Gasteiger partial charge in [-0.05, 0) is 37.9 Å². The molecule has 2 N–H and O–H groups in total. The van der Waals surface area contributed by atoms with Crippen LogP contribution in [0.2, 0.25) is 0 Å². The predicted octanol–water partition coefficient (Wildman–Crippen LogP) is 3.84. The third kappa shape index (κ3) is 8.90. The molecule has 1 heterocycles. The normalized spacial score (nSPS) is 15.7. The van der Waals surface area contributed by atoms with Gasteiger partial charge in [-0.25, -0.2) is 0 Å². The molecule has 0 spiro atoms. The zero-order valence-corrected chi connectivity index (χ0v) is 19.7. The van der Waals surface area contributed by atoms with Crippen molar-refractivity contribution in [2.24, 2.45) is 4.99 Å². The maximum atomic E-state index is 12.7. The summed E-state index contributed by atoms with van der Waals surface area (Å²) in [6, 6.07) is 5.25. The molecular formula is C20H33F2IN4O2. The van der Waals surface area contributed by atoms with E-state index in [0.29, 0.717) is 29.9 Å². The van der Waals surface area contributed by atoms with Gasteiger partial charge in [-0.2, -0.15) is 8.78 Å². The van der Waals surface area contributed by atoms with Gasteiger partial charge in [0, 0.05) is 44.4 Å². The Balaban J connectivity index is 0.00000420. The zero-order chi connectivity index (χ0) is 20.4. The lowest BCUT2D eigenvalue weighted by Gasteiger charge is -2.33. The van der Waals surface area contributed by atoms with Gasteiger partial charge in [0.25, 0.3) is 0 Å². The van der Waals surface area contributed by atoms with Crippen molar-refractivity contribution in [2.75, 3.05) is 33.8 Å². The number of nitrogens with one attached hydrogen (secondary N) is 2. The van der Waals surface area contributed by atoms with Crippen LogP contribution in [0.15, 0.2) is 23.2 Å². The van der Waals surface area contributed by atoms with Crippen LogP contribution in [0, 0.1) is 0 Å². The molecule has 9 heteroatoms. The van der Waals surface area contributed by atoms with Crippen molar-refractivity contribution in [3.63, 3.8) is 0 Å². The first-order valence-corrected chi connectivity index (χ1v) is 9.87. The first kappa shape index (κ1) is 25.7. The Bertz CT molecular complexity index is 626. The Hall–Kier alpha value is -1.36. The Morgan fingerprint density at radius 1 is 1.31 bits per heavy atom. The maximum Gasteiger partial charge on any atom is 0.387 e. The molecule has 0 bridgehead atoms. The van der Waals surface area contributed by atoms with E-state index in [1.807, 2.05) is 0 Å². The second-order valence-electron chi connectivity index (χ2n) is 6.89. The quantitative estimate of drug-likeness (QED) is 0.291. The van der Waals surface area contributed by atoms with Gasteiger partial charge in [0.1, 0.15) is 11.5 Å². The van der Waals surface area contributed by atoms with E-state index in [1.54, 1.807) is 19.2 Å². The van der Waals surface area contributed by atoms with Crippen LogP contribution in [-0.2, 0) is 6.54 Å². The Morgan fingerprint density at radius 2 is 2.03 bits per heavy atom. The molecule has 0 radical (unpaired) electrons. The van der Waals surface area contributed by atoms with E-state index in [-0.39, 0.29) is 29.7 Å². The Labute approximate surface area is 189 Å². The third-order valence-corrected chi connectivity index (χ3v) is 4.92. The van der Waals surface area contributed by atoms with Gasteiger partial charge >= 0.3 is 6.61 Å². The number of nitrogens with zero attached hydrogens (tertiary/aromatic N) is 2. The molecule has 1 fully saturated rings. The van der Waals surface area contributed by atoms with E-state index >= 15 is 0 Å². The van der Waals surface area contributed by atoms with Gasteiger partial charge in [-0.15, -0.1) is 24.0 Å². The van der Waals surface area contributed by atoms with Gasteiger partial charge in [0.15, 0.2) is 5.96 Å². The number of ether oxygens (including phenoxy) is 2. The highest BCUT2D eigenvalue weighted by Crippen LogP contribution is 2.26. The van der Waals surface area contributed by atoms with Crippen molar-refractivity contribution < 1.29 is 18.3 Å². The van der Waals surface area contributed by atoms with E-state index in [1.165, 1.54) is 32.6 Å². The molecule has 1 aliphatic heterocycles. The molecule has 0 amide bonds. The predicted molar refractivity (Wildman–Crippen MR) is 123 cm³/mol. The number of piperidine rings is 1. The summed E-state index contributed by atoms with van der Waals surface area (Å²) in [5.41, 5.74) is 0.610.